The van der Waals surface area contributed by atoms with Gasteiger partial charge in [0.1, 0.15) is 16.7 Å². The average Bonchev–Trinajstić information content (AvgIpc) is 3.39. The fraction of sp³-hybridized carbons (Fsp3) is 0.368. The maximum atomic E-state index is 12.5. The summed E-state index contributed by atoms with van der Waals surface area (Å²) in [4.78, 5) is 21.5. The van der Waals surface area contributed by atoms with Crippen LogP contribution in [0.15, 0.2) is 23.6 Å². The number of hydrogen-bond acceptors (Lipinski definition) is 7. The summed E-state index contributed by atoms with van der Waals surface area (Å²) in [6.07, 6.45) is 1.97. The number of rotatable bonds is 4. The van der Waals surface area contributed by atoms with Crippen molar-refractivity contribution in [1.82, 2.24) is 25.1 Å². The standard InChI is InChI=1S/C19H19N5O3S/c1-11-20-17-5-3-13(8-24(17)23-11)21-18(25)7-14-9-28-19(22-14)12-2-4-15-16(6-12)27-10-26-15/h2,4,6,9,13H,3,5,7-8,10H2,1H3,(H,21,25). The van der Waals surface area contributed by atoms with E-state index in [4.69, 9.17) is 9.47 Å². The molecule has 0 saturated heterocycles. The molecule has 1 N–H and O–H groups in total. The number of aromatic nitrogens is 4. The summed E-state index contributed by atoms with van der Waals surface area (Å²) in [5.74, 6) is 3.23. The summed E-state index contributed by atoms with van der Waals surface area (Å²) in [7, 11) is 0. The summed E-state index contributed by atoms with van der Waals surface area (Å²) in [6.45, 7) is 2.80. The largest absolute Gasteiger partial charge is 0.454 e. The summed E-state index contributed by atoms with van der Waals surface area (Å²) in [6, 6.07) is 5.84. The molecule has 0 radical (unpaired) electrons. The zero-order chi connectivity index (χ0) is 19.1. The molecule has 0 saturated carbocycles. The summed E-state index contributed by atoms with van der Waals surface area (Å²) >= 11 is 1.52. The molecule has 144 valence electrons. The number of thiazole rings is 1. The van der Waals surface area contributed by atoms with E-state index in [9.17, 15) is 4.79 Å². The van der Waals surface area contributed by atoms with Gasteiger partial charge in [-0.05, 0) is 31.5 Å². The summed E-state index contributed by atoms with van der Waals surface area (Å²) in [5, 5.41) is 10.3. The van der Waals surface area contributed by atoms with Gasteiger partial charge in [-0.3, -0.25) is 4.79 Å². The Morgan fingerprint density at radius 2 is 2.21 bits per heavy atom. The van der Waals surface area contributed by atoms with Crippen LogP contribution in [-0.4, -0.2) is 38.5 Å². The van der Waals surface area contributed by atoms with Gasteiger partial charge in [-0.2, -0.15) is 5.10 Å². The molecule has 0 bridgehead atoms. The molecule has 2 aromatic heterocycles. The number of aryl methyl sites for hydroxylation is 2. The van der Waals surface area contributed by atoms with Gasteiger partial charge in [0.05, 0.1) is 18.7 Å². The Kier molecular flexibility index (Phi) is 4.23. The molecule has 0 spiro atoms. The molecule has 1 amide bonds. The minimum absolute atomic E-state index is 0.0205. The molecule has 1 unspecified atom stereocenters. The van der Waals surface area contributed by atoms with Crippen molar-refractivity contribution < 1.29 is 14.3 Å². The molecule has 9 heteroatoms. The van der Waals surface area contributed by atoms with Crippen molar-refractivity contribution in [3.8, 4) is 22.1 Å². The van der Waals surface area contributed by atoms with E-state index >= 15 is 0 Å². The molecule has 3 aromatic rings. The topological polar surface area (TPSA) is 91.2 Å². The lowest BCUT2D eigenvalue weighted by atomic mass is 10.1. The molecular weight excluding hydrogens is 378 g/mol. The first-order valence-electron chi connectivity index (χ1n) is 9.18. The second-order valence-corrected chi connectivity index (χ2v) is 7.81. The minimum Gasteiger partial charge on any atom is -0.454 e. The van der Waals surface area contributed by atoms with Crippen molar-refractivity contribution in [2.45, 2.75) is 38.8 Å². The van der Waals surface area contributed by atoms with E-state index in [1.54, 1.807) is 0 Å². The fourth-order valence-corrected chi connectivity index (χ4v) is 4.36. The Bertz CT molecular complexity index is 1040. The van der Waals surface area contributed by atoms with Crippen LogP contribution < -0.4 is 14.8 Å². The van der Waals surface area contributed by atoms with Gasteiger partial charge in [0, 0.05) is 23.4 Å². The van der Waals surface area contributed by atoms with Crippen molar-refractivity contribution in [2.24, 2.45) is 0 Å². The second-order valence-electron chi connectivity index (χ2n) is 6.95. The van der Waals surface area contributed by atoms with Gasteiger partial charge in [0.15, 0.2) is 11.5 Å². The molecule has 0 aliphatic carbocycles. The SMILES string of the molecule is Cc1nc2n(n1)CC(NC(=O)Cc1csc(-c3ccc4c(c3)OCO4)n1)CC2. The molecule has 28 heavy (non-hydrogen) atoms. The highest BCUT2D eigenvalue weighted by molar-refractivity contribution is 7.13. The van der Waals surface area contributed by atoms with Crippen LogP contribution >= 0.6 is 11.3 Å². The first-order valence-corrected chi connectivity index (χ1v) is 10.1. The highest BCUT2D eigenvalue weighted by atomic mass is 32.1. The van der Waals surface area contributed by atoms with Crippen LogP contribution in [0.4, 0.5) is 0 Å². The molecule has 2 aliphatic rings. The van der Waals surface area contributed by atoms with E-state index in [0.717, 1.165) is 52.3 Å². The smallest absolute Gasteiger partial charge is 0.231 e. The lowest BCUT2D eigenvalue weighted by Gasteiger charge is -2.23. The van der Waals surface area contributed by atoms with Crippen LogP contribution in [0.1, 0.15) is 23.8 Å². The maximum Gasteiger partial charge on any atom is 0.231 e. The minimum atomic E-state index is -0.0205. The lowest BCUT2D eigenvalue weighted by molar-refractivity contribution is -0.121. The highest BCUT2D eigenvalue weighted by Crippen LogP contribution is 2.36. The quantitative estimate of drug-likeness (QED) is 0.725. The van der Waals surface area contributed by atoms with Gasteiger partial charge in [0.2, 0.25) is 12.7 Å². The van der Waals surface area contributed by atoms with E-state index in [1.165, 1.54) is 11.3 Å². The van der Waals surface area contributed by atoms with Crippen LogP contribution in [0.25, 0.3) is 10.6 Å². The third-order valence-electron chi connectivity index (χ3n) is 4.84. The number of amides is 1. The number of ether oxygens (including phenoxy) is 2. The fourth-order valence-electron chi connectivity index (χ4n) is 3.55. The van der Waals surface area contributed by atoms with Crippen molar-refractivity contribution in [1.29, 1.82) is 0 Å². The predicted molar refractivity (Wildman–Crippen MR) is 102 cm³/mol. The Balaban J connectivity index is 1.22. The predicted octanol–water partition coefficient (Wildman–Crippen LogP) is 2.11. The molecule has 2 aliphatic heterocycles. The Morgan fingerprint density at radius 3 is 3.14 bits per heavy atom. The number of carbonyl (C=O) groups is 1. The van der Waals surface area contributed by atoms with E-state index in [2.05, 4.69) is 20.4 Å². The monoisotopic (exact) mass is 397 g/mol. The summed E-state index contributed by atoms with van der Waals surface area (Å²) < 4.78 is 12.7. The molecule has 1 aromatic carbocycles. The van der Waals surface area contributed by atoms with Gasteiger partial charge in [-0.25, -0.2) is 14.6 Å². The number of benzene rings is 1. The molecule has 5 rings (SSSR count). The van der Waals surface area contributed by atoms with Crippen molar-refractivity contribution in [3.63, 3.8) is 0 Å². The number of fused-ring (bicyclic) bond motifs is 2. The molecule has 4 heterocycles. The van der Waals surface area contributed by atoms with E-state index in [-0.39, 0.29) is 25.2 Å². The van der Waals surface area contributed by atoms with Gasteiger partial charge >= 0.3 is 0 Å². The lowest BCUT2D eigenvalue weighted by Crippen LogP contribution is -2.42. The third kappa shape index (κ3) is 3.33. The van der Waals surface area contributed by atoms with Crippen molar-refractivity contribution >= 4 is 17.2 Å². The zero-order valence-corrected chi connectivity index (χ0v) is 16.2. The molecule has 1 atom stereocenters. The zero-order valence-electron chi connectivity index (χ0n) is 15.3. The molecule has 0 fully saturated rings. The van der Waals surface area contributed by atoms with E-state index in [0.29, 0.717) is 6.54 Å². The second kappa shape index (κ2) is 6.90. The number of carbonyl (C=O) groups excluding carboxylic acids is 1. The molecular formula is C19H19N5O3S. The van der Waals surface area contributed by atoms with Crippen molar-refractivity contribution in [2.75, 3.05) is 6.79 Å². The first-order chi connectivity index (χ1) is 13.6. The average molecular weight is 397 g/mol. The first kappa shape index (κ1) is 17.2. The van der Waals surface area contributed by atoms with Gasteiger partial charge < -0.3 is 14.8 Å². The van der Waals surface area contributed by atoms with Crippen LogP contribution in [0.5, 0.6) is 11.5 Å². The normalized spacial score (nSPS) is 17.4. The highest BCUT2D eigenvalue weighted by Gasteiger charge is 2.23. The number of nitrogens with one attached hydrogen (secondary N) is 1. The van der Waals surface area contributed by atoms with Crippen LogP contribution in [0, 0.1) is 6.92 Å². The van der Waals surface area contributed by atoms with Gasteiger partial charge in [-0.15, -0.1) is 11.3 Å². The van der Waals surface area contributed by atoms with Crippen molar-refractivity contribution in [3.05, 3.63) is 40.9 Å². The van der Waals surface area contributed by atoms with Gasteiger partial charge in [0.25, 0.3) is 0 Å². The number of nitrogens with zero attached hydrogens (tertiary/aromatic N) is 4. The Hall–Kier alpha value is -2.94. The van der Waals surface area contributed by atoms with Crippen LogP contribution in [0.3, 0.4) is 0 Å². The van der Waals surface area contributed by atoms with Crippen LogP contribution in [-0.2, 0) is 24.2 Å². The third-order valence-corrected chi connectivity index (χ3v) is 5.78. The van der Waals surface area contributed by atoms with E-state index < -0.39 is 0 Å². The summed E-state index contributed by atoms with van der Waals surface area (Å²) in [5.41, 5.74) is 1.73. The van der Waals surface area contributed by atoms with E-state index in [1.807, 2.05) is 35.2 Å². The number of hydrogen-bond donors (Lipinski definition) is 1. The van der Waals surface area contributed by atoms with Crippen LogP contribution in [0.2, 0.25) is 0 Å². The van der Waals surface area contributed by atoms with Gasteiger partial charge in [-0.1, -0.05) is 0 Å². The Morgan fingerprint density at radius 1 is 1.32 bits per heavy atom. The Labute approximate surface area is 165 Å². The maximum absolute atomic E-state index is 12.5. The molecule has 8 nitrogen and oxygen atoms in total.